The average Bonchev–Trinajstić information content (AvgIpc) is 3.02. The standard InChI is InChI=1S/C11H16N2O2S/c1-15-11(14)5-4-9-7-16-10(13-9)6-12-8-2-3-8/h7-8,12H,2-6H2,1H3. The second-order valence-electron chi connectivity index (χ2n) is 3.96. The molecular formula is C11H16N2O2S. The SMILES string of the molecule is COC(=O)CCc1csc(CNC2CC2)n1. The first-order valence-corrected chi connectivity index (χ1v) is 6.39. The summed E-state index contributed by atoms with van der Waals surface area (Å²) >= 11 is 1.65. The maximum atomic E-state index is 11.0. The maximum Gasteiger partial charge on any atom is 0.305 e. The van der Waals surface area contributed by atoms with Gasteiger partial charge in [0.15, 0.2) is 0 Å². The Hall–Kier alpha value is -0.940. The van der Waals surface area contributed by atoms with Gasteiger partial charge in [0.1, 0.15) is 5.01 Å². The molecule has 0 bridgehead atoms. The van der Waals surface area contributed by atoms with Crippen LogP contribution >= 0.6 is 11.3 Å². The van der Waals surface area contributed by atoms with E-state index in [1.54, 1.807) is 11.3 Å². The zero-order chi connectivity index (χ0) is 11.4. The number of esters is 1. The maximum absolute atomic E-state index is 11.0. The summed E-state index contributed by atoms with van der Waals surface area (Å²) in [5, 5.41) is 6.54. The van der Waals surface area contributed by atoms with Gasteiger partial charge in [0.2, 0.25) is 0 Å². The normalized spacial score (nSPS) is 15.1. The minimum Gasteiger partial charge on any atom is -0.469 e. The monoisotopic (exact) mass is 240 g/mol. The summed E-state index contributed by atoms with van der Waals surface area (Å²) in [6.45, 7) is 0.855. The lowest BCUT2D eigenvalue weighted by Gasteiger charge is -1.98. The highest BCUT2D eigenvalue weighted by atomic mass is 32.1. The van der Waals surface area contributed by atoms with Gasteiger partial charge in [-0.15, -0.1) is 11.3 Å². The second kappa shape index (κ2) is 5.41. The van der Waals surface area contributed by atoms with Gasteiger partial charge in [-0.1, -0.05) is 0 Å². The second-order valence-corrected chi connectivity index (χ2v) is 4.91. The number of nitrogens with zero attached hydrogens (tertiary/aromatic N) is 1. The number of ether oxygens (including phenoxy) is 1. The zero-order valence-corrected chi connectivity index (χ0v) is 10.2. The number of rotatable bonds is 6. The highest BCUT2D eigenvalue weighted by Gasteiger charge is 2.20. The fourth-order valence-corrected chi connectivity index (χ4v) is 2.18. The molecule has 0 unspecified atom stereocenters. The van der Waals surface area contributed by atoms with Crippen LogP contribution in [-0.2, 0) is 22.5 Å². The van der Waals surface area contributed by atoms with Crippen molar-refractivity contribution >= 4 is 17.3 Å². The van der Waals surface area contributed by atoms with Crippen LogP contribution in [0.15, 0.2) is 5.38 Å². The molecular weight excluding hydrogens is 224 g/mol. The van der Waals surface area contributed by atoms with Gasteiger partial charge in [0, 0.05) is 24.4 Å². The van der Waals surface area contributed by atoms with Crippen molar-refractivity contribution in [3.63, 3.8) is 0 Å². The van der Waals surface area contributed by atoms with E-state index in [1.165, 1.54) is 20.0 Å². The van der Waals surface area contributed by atoms with Gasteiger partial charge in [-0.05, 0) is 12.8 Å². The summed E-state index contributed by atoms with van der Waals surface area (Å²) < 4.78 is 4.59. The number of nitrogens with one attached hydrogen (secondary N) is 1. The van der Waals surface area contributed by atoms with Crippen molar-refractivity contribution in [2.45, 2.75) is 38.3 Å². The van der Waals surface area contributed by atoms with Crippen LogP contribution in [0.25, 0.3) is 0 Å². The molecule has 0 radical (unpaired) electrons. The van der Waals surface area contributed by atoms with E-state index in [1.807, 2.05) is 5.38 Å². The Morgan fingerprint density at radius 2 is 2.50 bits per heavy atom. The molecule has 0 atom stereocenters. The van der Waals surface area contributed by atoms with Crippen LogP contribution in [0.5, 0.6) is 0 Å². The Labute approximate surface area is 99.0 Å². The van der Waals surface area contributed by atoms with E-state index in [4.69, 9.17) is 0 Å². The van der Waals surface area contributed by atoms with Crippen LogP contribution in [-0.4, -0.2) is 24.1 Å². The number of aromatic nitrogens is 1. The van der Waals surface area contributed by atoms with Crippen LogP contribution in [0.4, 0.5) is 0 Å². The molecule has 0 spiro atoms. The van der Waals surface area contributed by atoms with Gasteiger partial charge in [-0.2, -0.15) is 0 Å². The molecule has 1 heterocycles. The highest BCUT2D eigenvalue weighted by Crippen LogP contribution is 2.20. The number of thiazole rings is 1. The lowest BCUT2D eigenvalue weighted by molar-refractivity contribution is -0.140. The van der Waals surface area contributed by atoms with E-state index in [0.29, 0.717) is 18.9 Å². The first kappa shape index (κ1) is 11.5. The molecule has 0 saturated heterocycles. The van der Waals surface area contributed by atoms with Crippen LogP contribution in [0.1, 0.15) is 30.0 Å². The molecule has 1 fully saturated rings. The Kier molecular flexibility index (Phi) is 3.90. The lowest BCUT2D eigenvalue weighted by Crippen LogP contribution is -2.15. The summed E-state index contributed by atoms with van der Waals surface area (Å²) in [5.41, 5.74) is 0.989. The number of hydrogen-bond donors (Lipinski definition) is 1. The zero-order valence-electron chi connectivity index (χ0n) is 9.36. The fraction of sp³-hybridized carbons (Fsp3) is 0.636. The van der Waals surface area contributed by atoms with E-state index in [2.05, 4.69) is 15.0 Å². The summed E-state index contributed by atoms with van der Waals surface area (Å²) in [7, 11) is 1.41. The van der Waals surface area contributed by atoms with Crippen molar-refractivity contribution in [2.75, 3.05) is 7.11 Å². The van der Waals surface area contributed by atoms with Gasteiger partial charge in [-0.3, -0.25) is 4.79 Å². The van der Waals surface area contributed by atoms with E-state index in [9.17, 15) is 4.79 Å². The molecule has 1 aromatic heterocycles. The Bertz CT molecular complexity index is 361. The van der Waals surface area contributed by atoms with Crippen molar-refractivity contribution in [3.05, 3.63) is 16.1 Å². The number of hydrogen-bond acceptors (Lipinski definition) is 5. The largest absolute Gasteiger partial charge is 0.469 e. The number of methoxy groups -OCH3 is 1. The molecule has 1 aliphatic carbocycles. The van der Waals surface area contributed by atoms with Gasteiger partial charge in [0.25, 0.3) is 0 Å². The van der Waals surface area contributed by atoms with E-state index in [-0.39, 0.29) is 5.97 Å². The molecule has 0 aromatic carbocycles. The number of aryl methyl sites for hydroxylation is 1. The van der Waals surface area contributed by atoms with Crippen molar-refractivity contribution in [1.82, 2.24) is 10.3 Å². The predicted octanol–water partition coefficient (Wildman–Crippen LogP) is 1.50. The number of carbonyl (C=O) groups excluding carboxylic acids is 1. The Balaban J connectivity index is 1.74. The summed E-state index contributed by atoms with van der Waals surface area (Å²) in [4.78, 5) is 15.4. The molecule has 4 nitrogen and oxygen atoms in total. The van der Waals surface area contributed by atoms with Crippen molar-refractivity contribution in [1.29, 1.82) is 0 Å². The highest BCUT2D eigenvalue weighted by molar-refractivity contribution is 7.09. The van der Waals surface area contributed by atoms with Crippen molar-refractivity contribution in [2.24, 2.45) is 0 Å². The van der Waals surface area contributed by atoms with Crippen LogP contribution in [0.2, 0.25) is 0 Å². The summed E-state index contributed by atoms with van der Waals surface area (Å²) in [6.07, 6.45) is 3.67. The van der Waals surface area contributed by atoms with E-state index in [0.717, 1.165) is 17.2 Å². The number of carbonyl (C=O) groups is 1. The molecule has 88 valence electrons. The molecule has 5 heteroatoms. The molecule has 0 amide bonds. The van der Waals surface area contributed by atoms with Crippen molar-refractivity contribution in [3.8, 4) is 0 Å². The van der Waals surface area contributed by atoms with Crippen LogP contribution in [0.3, 0.4) is 0 Å². The first-order chi connectivity index (χ1) is 7.78. The molecule has 1 saturated carbocycles. The van der Waals surface area contributed by atoms with Crippen LogP contribution < -0.4 is 5.32 Å². The minimum absolute atomic E-state index is 0.175. The van der Waals surface area contributed by atoms with Crippen LogP contribution in [0, 0.1) is 0 Å². The first-order valence-electron chi connectivity index (χ1n) is 5.51. The molecule has 0 aliphatic heterocycles. The minimum atomic E-state index is -0.175. The topological polar surface area (TPSA) is 51.2 Å². The van der Waals surface area contributed by atoms with E-state index < -0.39 is 0 Å². The van der Waals surface area contributed by atoms with Gasteiger partial charge < -0.3 is 10.1 Å². The quantitative estimate of drug-likeness (QED) is 0.766. The molecule has 16 heavy (non-hydrogen) atoms. The fourth-order valence-electron chi connectivity index (χ4n) is 1.40. The third-order valence-electron chi connectivity index (χ3n) is 2.53. The van der Waals surface area contributed by atoms with E-state index >= 15 is 0 Å². The third kappa shape index (κ3) is 3.57. The van der Waals surface area contributed by atoms with Gasteiger partial charge in [0.05, 0.1) is 19.2 Å². The van der Waals surface area contributed by atoms with Crippen molar-refractivity contribution < 1.29 is 9.53 Å². The Morgan fingerprint density at radius 1 is 1.69 bits per heavy atom. The third-order valence-corrected chi connectivity index (χ3v) is 3.43. The summed E-state index contributed by atoms with van der Waals surface area (Å²) in [5.74, 6) is -0.175. The molecule has 1 aliphatic rings. The van der Waals surface area contributed by atoms with Gasteiger partial charge >= 0.3 is 5.97 Å². The molecule has 1 N–H and O–H groups in total. The smallest absolute Gasteiger partial charge is 0.305 e. The molecule has 2 rings (SSSR count). The average molecular weight is 240 g/mol. The lowest BCUT2D eigenvalue weighted by atomic mass is 10.2. The Morgan fingerprint density at radius 3 is 3.19 bits per heavy atom. The molecule has 1 aromatic rings. The summed E-state index contributed by atoms with van der Waals surface area (Å²) in [6, 6.07) is 0.711. The van der Waals surface area contributed by atoms with Gasteiger partial charge in [-0.25, -0.2) is 4.98 Å². The predicted molar refractivity (Wildman–Crippen MR) is 62.3 cm³/mol.